The molecule has 7 nitrogen and oxygen atoms in total. The summed E-state index contributed by atoms with van der Waals surface area (Å²) in [6, 6.07) is 6.78. The van der Waals surface area contributed by atoms with Crippen molar-refractivity contribution in [1.29, 1.82) is 0 Å². The van der Waals surface area contributed by atoms with Gasteiger partial charge in [-0.15, -0.1) is 0 Å². The number of benzene rings is 1. The largest absolute Gasteiger partial charge is 0.336 e. The zero-order valence-electron chi connectivity index (χ0n) is 14.4. The molecule has 0 bridgehead atoms. The Morgan fingerprint density at radius 3 is 2.73 bits per heavy atom. The van der Waals surface area contributed by atoms with Gasteiger partial charge in [0.05, 0.1) is 17.5 Å². The van der Waals surface area contributed by atoms with Crippen LogP contribution in [0.2, 0.25) is 5.02 Å². The lowest BCUT2D eigenvalue weighted by Crippen LogP contribution is -2.44. The number of nitrogens with zero attached hydrogens (tertiary/aromatic N) is 3. The van der Waals surface area contributed by atoms with Crippen molar-refractivity contribution in [2.24, 2.45) is 5.10 Å². The van der Waals surface area contributed by atoms with E-state index in [4.69, 9.17) is 11.6 Å². The molecule has 0 aliphatic carbocycles. The first-order valence-electron chi connectivity index (χ1n) is 8.35. The van der Waals surface area contributed by atoms with Crippen LogP contribution in [-0.2, 0) is 26.0 Å². The van der Waals surface area contributed by atoms with E-state index in [-0.39, 0.29) is 41.9 Å². The Hall–Kier alpha value is -1.93. The number of amides is 2. The first-order valence-corrected chi connectivity index (χ1v) is 10.6. The fraction of sp³-hybridized carbons (Fsp3) is 0.471. The Kier molecular flexibility index (Phi) is 5.34. The Balaban J connectivity index is 1.75. The van der Waals surface area contributed by atoms with E-state index in [1.807, 2.05) is 18.2 Å². The van der Waals surface area contributed by atoms with Gasteiger partial charge in [0.1, 0.15) is 5.71 Å². The molecule has 1 saturated heterocycles. The van der Waals surface area contributed by atoms with Crippen LogP contribution in [0.4, 0.5) is 0 Å². The number of halogens is 1. The maximum absolute atomic E-state index is 12.7. The maximum Gasteiger partial charge on any atom is 0.270 e. The van der Waals surface area contributed by atoms with Crippen molar-refractivity contribution in [3.05, 3.63) is 34.9 Å². The number of hydrogen-bond donors (Lipinski definition) is 0. The molecule has 26 heavy (non-hydrogen) atoms. The molecule has 140 valence electrons. The standard InChI is InChI=1S/C17H20ClN3O4S/c1-20(10-12-4-2-3-5-14(12)18)17(23)15-6-7-16(22)21(19-15)13-8-9-26(24,25)11-13/h2-5,13H,6-11H2,1H3. The predicted octanol–water partition coefficient (Wildman–Crippen LogP) is 1.46. The molecule has 1 fully saturated rings. The van der Waals surface area contributed by atoms with Gasteiger partial charge in [-0.2, -0.15) is 5.10 Å². The summed E-state index contributed by atoms with van der Waals surface area (Å²) in [4.78, 5) is 26.4. The van der Waals surface area contributed by atoms with E-state index in [9.17, 15) is 18.0 Å². The van der Waals surface area contributed by atoms with Gasteiger partial charge in [-0.1, -0.05) is 29.8 Å². The fourth-order valence-electron chi connectivity index (χ4n) is 3.15. The van der Waals surface area contributed by atoms with E-state index >= 15 is 0 Å². The molecule has 1 atom stereocenters. The van der Waals surface area contributed by atoms with E-state index in [0.29, 0.717) is 18.0 Å². The van der Waals surface area contributed by atoms with Crippen LogP contribution in [0.3, 0.4) is 0 Å². The van der Waals surface area contributed by atoms with Crippen LogP contribution in [0.15, 0.2) is 29.4 Å². The zero-order chi connectivity index (χ0) is 18.9. The molecule has 2 amide bonds. The molecule has 3 rings (SSSR count). The molecular formula is C17H20ClN3O4S. The zero-order valence-corrected chi connectivity index (χ0v) is 16.0. The Morgan fingerprint density at radius 1 is 1.35 bits per heavy atom. The van der Waals surface area contributed by atoms with Crippen LogP contribution in [0.5, 0.6) is 0 Å². The molecular weight excluding hydrogens is 378 g/mol. The van der Waals surface area contributed by atoms with Gasteiger partial charge in [-0.25, -0.2) is 13.4 Å². The van der Waals surface area contributed by atoms with Crippen LogP contribution in [0.1, 0.15) is 24.8 Å². The summed E-state index contributed by atoms with van der Waals surface area (Å²) >= 11 is 6.14. The Bertz CT molecular complexity index is 869. The molecule has 1 unspecified atom stereocenters. The van der Waals surface area contributed by atoms with Gasteiger partial charge >= 0.3 is 0 Å². The van der Waals surface area contributed by atoms with Crippen LogP contribution in [0, 0.1) is 0 Å². The molecule has 1 aromatic carbocycles. The topological polar surface area (TPSA) is 87.1 Å². The highest BCUT2D eigenvalue weighted by molar-refractivity contribution is 7.91. The third-order valence-corrected chi connectivity index (χ3v) is 6.69. The summed E-state index contributed by atoms with van der Waals surface area (Å²) in [5.41, 5.74) is 1.08. The molecule has 2 heterocycles. The van der Waals surface area contributed by atoms with Gasteiger partial charge < -0.3 is 4.90 Å². The van der Waals surface area contributed by atoms with Crippen molar-refractivity contribution in [3.63, 3.8) is 0 Å². The Labute approximate surface area is 157 Å². The average Bonchev–Trinajstić information content (AvgIpc) is 2.96. The monoisotopic (exact) mass is 397 g/mol. The second-order valence-corrected chi connectivity index (χ2v) is 9.23. The SMILES string of the molecule is CN(Cc1ccccc1Cl)C(=O)C1=NN(C2CCS(=O)(=O)C2)C(=O)CC1. The highest BCUT2D eigenvalue weighted by Crippen LogP contribution is 2.23. The van der Waals surface area contributed by atoms with Gasteiger partial charge in [0.2, 0.25) is 5.91 Å². The van der Waals surface area contributed by atoms with Crippen LogP contribution >= 0.6 is 11.6 Å². The van der Waals surface area contributed by atoms with Crippen molar-refractivity contribution in [3.8, 4) is 0 Å². The highest BCUT2D eigenvalue weighted by atomic mass is 35.5. The van der Waals surface area contributed by atoms with Crippen molar-refractivity contribution in [2.75, 3.05) is 18.6 Å². The minimum Gasteiger partial charge on any atom is -0.336 e. The summed E-state index contributed by atoms with van der Waals surface area (Å²) in [6.07, 6.45) is 0.760. The number of rotatable bonds is 4. The number of hydrazone groups is 1. The predicted molar refractivity (Wildman–Crippen MR) is 98.5 cm³/mol. The van der Waals surface area contributed by atoms with Crippen LogP contribution in [-0.4, -0.2) is 60.4 Å². The van der Waals surface area contributed by atoms with Gasteiger partial charge in [0.15, 0.2) is 9.84 Å². The van der Waals surface area contributed by atoms with E-state index in [2.05, 4.69) is 5.10 Å². The molecule has 0 saturated carbocycles. The van der Waals surface area contributed by atoms with Gasteiger partial charge in [0.25, 0.3) is 5.91 Å². The van der Waals surface area contributed by atoms with E-state index in [1.165, 1.54) is 9.91 Å². The van der Waals surface area contributed by atoms with Gasteiger partial charge in [-0.3, -0.25) is 9.59 Å². The number of sulfone groups is 1. The summed E-state index contributed by atoms with van der Waals surface area (Å²) in [6.45, 7) is 0.323. The van der Waals surface area contributed by atoms with Crippen molar-refractivity contribution in [1.82, 2.24) is 9.91 Å². The normalized spacial score (nSPS) is 22.2. The third kappa shape index (κ3) is 4.07. The second kappa shape index (κ2) is 7.36. The first-order chi connectivity index (χ1) is 12.3. The molecule has 0 aromatic heterocycles. The molecule has 0 N–H and O–H groups in total. The average molecular weight is 398 g/mol. The van der Waals surface area contributed by atoms with E-state index < -0.39 is 15.9 Å². The Morgan fingerprint density at radius 2 is 2.08 bits per heavy atom. The molecule has 2 aliphatic heterocycles. The van der Waals surface area contributed by atoms with Crippen LogP contribution in [0.25, 0.3) is 0 Å². The lowest BCUT2D eigenvalue weighted by molar-refractivity contribution is -0.134. The lowest BCUT2D eigenvalue weighted by atomic mass is 10.1. The minimum absolute atomic E-state index is 0.0483. The fourth-order valence-corrected chi connectivity index (χ4v) is 5.04. The second-order valence-electron chi connectivity index (χ2n) is 6.59. The minimum atomic E-state index is -3.14. The highest BCUT2D eigenvalue weighted by Gasteiger charge is 2.37. The van der Waals surface area contributed by atoms with Gasteiger partial charge in [-0.05, 0) is 18.1 Å². The van der Waals surface area contributed by atoms with E-state index in [1.54, 1.807) is 13.1 Å². The summed E-state index contributed by atoms with van der Waals surface area (Å²) < 4.78 is 23.3. The van der Waals surface area contributed by atoms with Crippen molar-refractivity contribution < 1.29 is 18.0 Å². The van der Waals surface area contributed by atoms with Crippen LogP contribution < -0.4 is 0 Å². The lowest BCUT2D eigenvalue weighted by Gasteiger charge is -2.29. The number of hydrogen-bond acceptors (Lipinski definition) is 5. The summed E-state index contributed by atoms with van der Waals surface area (Å²) in [5.74, 6) is -0.577. The van der Waals surface area contributed by atoms with Gasteiger partial charge in [0, 0.05) is 31.5 Å². The number of carbonyl (C=O) groups excluding carboxylic acids is 2. The van der Waals surface area contributed by atoms with E-state index in [0.717, 1.165) is 5.56 Å². The molecule has 9 heteroatoms. The molecule has 0 spiro atoms. The third-order valence-electron chi connectivity index (χ3n) is 4.57. The van der Waals surface area contributed by atoms with Crippen molar-refractivity contribution >= 4 is 39.0 Å². The smallest absolute Gasteiger partial charge is 0.270 e. The quantitative estimate of drug-likeness (QED) is 0.769. The summed E-state index contributed by atoms with van der Waals surface area (Å²) in [5, 5.41) is 5.98. The van der Waals surface area contributed by atoms with Crippen molar-refractivity contribution in [2.45, 2.75) is 31.8 Å². The number of carbonyl (C=O) groups is 2. The maximum atomic E-state index is 12.7. The molecule has 0 radical (unpaired) electrons. The summed E-state index contributed by atoms with van der Waals surface area (Å²) in [7, 11) is -1.49. The molecule has 1 aromatic rings. The molecule has 2 aliphatic rings. The first kappa shape index (κ1) is 18.8.